The molecule has 2 aromatic carbocycles. The first-order valence-corrected chi connectivity index (χ1v) is 11.6. The van der Waals surface area contributed by atoms with Crippen molar-refractivity contribution in [3.8, 4) is 6.07 Å². The molecule has 5 heteroatoms. The van der Waals surface area contributed by atoms with Crippen LogP contribution in [0.25, 0.3) is 0 Å². The van der Waals surface area contributed by atoms with Crippen molar-refractivity contribution in [1.29, 1.82) is 5.26 Å². The molecule has 1 aliphatic rings. The molecule has 0 aliphatic carbocycles. The van der Waals surface area contributed by atoms with E-state index >= 15 is 0 Å². The quantitative estimate of drug-likeness (QED) is 0.410. The number of nitrogens with zero attached hydrogens (tertiary/aromatic N) is 2. The molecule has 0 bridgehead atoms. The Balaban J connectivity index is 1.89. The van der Waals surface area contributed by atoms with Crippen molar-refractivity contribution in [2.24, 2.45) is 10.9 Å². The van der Waals surface area contributed by atoms with E-state index in [0.717, 1.165) is 27.8 Å². The number of hydrogen-bond acceptors (Lipinski definition) is 5. The maximum Gasteiger partial charge on any atom is 0.158 e. The summed E-state index contributed by atoms with van der Waals surface area (Å²) in [5, 5.41) is 11.6. The molecule has 29 heavy (non-hydrogen) atoms. The van der Waals surface area contributed by atoms with E-state index in [1.165, 1.54) is 10.5 Å². The third kappa shape index (κ3) is 5.01. The van der Waals surface area contributed by atoms with Crippen LogP contribution >= 0.6 is 23.5 Å². The van der Waals surface area contributed by atoms with Crippen LogP contribution in [-0.2, 0) is 11.2 Å². The molecule has 0 radical (unpaired) electrons. The summed E-state index contributed by atoms with van der Waals surface area (Å²) in [7, 11) is 0. The molecule has 0 N–H and O–H groups in total. The van der Waals surface area contributed by atoms with Gasteiger partial charge in [0.15, 0.2) is 5.78 Å². The van der Waals surface area contributed by atoms with E-state index in [2.05, 4.69) is 54.4 Å². The van der Waals surface area contributed by atoms with E-state index in [-0.39, 0.29) is 11.7 Å². The lowest BCUT2D eigenvalue weighted by Crippen LogP contribution is -2.28. The van der Waals surface area contributed by atoms with Crippen LogP contribution in [0.3, 0.4) is 0 Å². The average Bonchev–Trinajstić information content (AvgIpc) is 2.74. The second-order valence-electron chi connectivity index (χ2n) is 6.90. The number of aliphatic imine (C=N–C) groups is 1. The van der Waals surface area contributed by atoms with Gasteiger partial charge in [-0.2, -0.15) is 5.26 Å². The van der Waals surface area contributed by atoms with Gasteiger partial charge in [0.25, 0.3) is 0 Å². The first-order chi connectivity index (χ1) is 14.0. The summed E-state index contributed by atoms with van der Waals surface area (Å²) in [6.07, 6.45) is 0.959. The number of thioether (sulfide) groups is 2. The predicted octanol–water partition coefficient (Wildman–Crippen LogP) is 6.23. The number of aryl methyl sites for hydroxylation is 1. The summed E-state index contributed by atoms with van der Waals surface area (Å²) in [4.78, 5) is 18.3. The van der Waals surface area contributed by atoms with Gasteiger partial charge in [-0.05, 0) is 43.5 Å². The van der Waals surface area contributed by atoms with Crippen LogP contribution in [0.15, 0.2) is 75.8 Å². The average molecular weight is 421 g/mol. The fraction of sp³-hybridized carbons (Fsp3) is 0.292. The third-order valence-corrected chi connectivity index (χ3v) is 7.21. The number of carbonyl (C=O) groups excluding carboxylic acids is 1. The Morgan fingerprint density at radius 1 is 1.10 bits per heavy atom. The van der Waals surface area contributed by atoms with E-state index in [9.17, 15) is 10.1 Å². The Kier molecular flexibility index (Phi) is 7.35. The Hall–Kier alpha value is -2.29. The molecular weight excluding hydrogens is 396 g/mol. The van der Waals surface area contributed by atoms with Crippen LogP contribution in [0.4, 0.5) is 0 Å². The fourth-order valence-corrected chi connectivity index (χ4v) is 5.73. The summed E-state index contributed by atoms with van der Waals surface area (Å²) in [5.41, 5.74) is 3.62. The smallest absolute Gasteiger partial charge is 0.158 e. The maximum absolute atomic E-state index is 12.4. The van der Waals surface area contributed by atoms with Gasteiger partial charge >= 0.3 is 0 Å². The van der Waals surface area contributed by atoms with Crippen LogP contribution in [0.5, 0.6) is 0 Å². The molecule has 0 spiro atoms. The molecule has 0 saturated carbocycles. The SMILES string of the molecule is CCc1ccc([C@H]2C(C(C)=O)=C(C)N=C(SCSc3ccccc3)C2C#N)cc1. The standard InChI is InChI=1S/C24H24N2OS2/c1-4-18-10-12-19(13-11-18)23-21(14-25)24(26-16(2)22(23)17(3)27)29-15-28-20-8-6-5-7-9-20/h5-13,21,23H,4,15H2,1-3H3/t21?,23-/m1/s1. The molecule has 1 unspecified atom stereocenters. The third-order valence-electron chi connectivity index (χ3n) is 5.02. The van der Waals surface area contributed by atoms with E-state index in [1.54, 1.807) is 30.4 Å². The number of ketones is 1. The van der Waals surface area contributed by atoms with Crippen LogP contribution in [0.1, 0.15) is 37.8 Å². The summed E-state index contributed by atoms with van der Waals surface area (Å²) < 4.78 is 0. The predicted molar refractivity (Wildman–Crippen MR) is 123 cm³/mol. The minimum Gasteiger partial charge on any atom is -0.295 e. The zero-order valence-corrected chi connectivity index (χ0v) is 18.5. The highest BCUT2D eigenvalue weighted by Gasteiger charge is 2.37. The number of hydrogen-bond donors (Lipinski definition) is 0. The van der Waals surface area contributed by atoms with Gasteiger partial charge in [0.2, 0.25) is 0 Å². The van der Waals surface area contributed by atoms with Gasteiger partial charge in [-0.25, -0.2) is 4.99 Å². The molecule has 3 rings (SSSR count). The van der Waals surface area contributed by atoms with E-state index in [0.29, 0.717) is 5.57 Å². The van der Waals surface area contributed by atoms with Gasteiger partial charge in [-0.1, -0.05) is 61.2 Å². The molecule has 148 valence electrons. The number of carbonyl (C=O) groups is 1. The summed E-state index contributed by atoms with van der Waals surface area (Å²) in [5.74, 6) is -0.740. The van der Waals surface area contributed by atoms with Crippen molar-refractivity contribution < 1.29 is 4.79 Å². The topological polar surface area (TPSA) is 53.2 Å². The van der Waals surface area contributed by atoms with E-state index in [4.69, 9.17) is 0 Å². The Morgan fingerprint density at radius 3 is 2.38 bits per heavy atom. The first-order valence-electron chi connectivity index (χ1n) is 9.64. The molecule has 2 aromatic rings. The second kappa shape index (κ2) is 9.96. The molecule has 1 aliphatic heterocycles. The number of allylic oxidation sites excluding steroid dienone is 2. The van der Waals surface area contributed by atoms with Crippen molar-refractivity contribution in [3.63, 3.8) is 0 Å². The lowest BCUT2D eigenvalue weighted by Gasteiger charge is -2.30. The minimum atomic E-state index is -0.452. The minimum absolute atomic E-state index is 0.0150. The summed E-state index contributed by atoms with van der Waals surface area (Å²) >= 11 is 3.32. The zero-order valence-electron chi connectivity index (χ0n) is 16.9. The normalized spacial score (nSPS) is 18.9. The molecule has 0 fully saturated rings. The van der Waals surface area contributed by atoms with Crippen molar-refractivity contribution in [1.82, 2.24) is 0 Å². The van der Waals surface area contributed by atoms with Crippen molar-refractivity contribution >= 4 is 34.4 Å². The molecule has 0 amide bonds. The van der Waals surface area contributed by atoms with Gasteiger partial charge in [-0.15, -0.1) is 11.8 Å². The Bertz CT molecular complexity index is 972. The second-order valence-corrected chi connectivity index (χ2v) is 9.31. The Labute approximate surface area is 181 Å². The van der Waals surface area contributed by atoms with Crippen molar-refractivity contribution in [2.75, 3.05) is 5.08 Å². The van der Waals surface area contributed by atoms with Crippen LogP contribution < -0.4 is 0 Å². The van der Waals surface area contributed by atoms with Gasteiger partial charge in [0.05, 0.1) is 11.1 Å². The number of rotatable bonds is 6. The Morgan fingerprint density at radius 2 is 1.79 bits per heavy atom. The lowest BCUT2D eigenvalue weighted by molar-refractivity contribution is -0.114. The van der Waals surface area contributed by atoms with Crippen LogP contribution in [-0.4, -0.2) is 15.9 Å². The molecule has 3 nitrogen and oxygen atoms in total. The zero-order chi connectivity index (χ0) is 20.8. The molecular formula is C24H24N2OS2. The van der Waals surface area contributed by atoms with Crippen LogP contribution in [0.2, 0.25) is 0 Å². The number of Topliss-reactive ketones (excluding diaryl/α,β-unsaturated/α-hetero) is 1. The molecule has 0 saturated heterocycles. The lowest BCUT2D eigenvalue weighted by atomic mass is 9.77. The molecule has 0 aromatic heterocycles. The molecule has 1 heterocycles. The van der Waals surface area contributed by atoms with Gasteiger partial charge in [0, 0.05) is 27.2 Å². The largest absolute Gasteiger partial charge is 0.295 e. The van der Waals surface area contributed by atoms with Crippen LogP contribution in [0, 0.1) is 17.2 Å². The van der Waals surface area contributed by atoms with Crippen molar-refractivity contribution in [3.05, 3.63) is 77.0 Å². The van der Waals surface area contributed by atoms with Gasteiger partial charge in [-0.3, -0.25) is 4.79 Å². The monoisotopic (exact) mass is 420 g/mol. The van der Waals surface area contributed by atoms with E-state index in [1.807, 2.05) is 25.1 Å². The highest BCUT2D eigenvalue weighted by Crippen LogP contribution is 2.42. The van der Waals surface area contributed by atoms with Gasteiger partial charge < -0.3 is 0 Å². The molecule has 2 atom stereocenters. The first kappa shape index (κ1) is 21.4. The highest BCUT2D eigenvalue weighted by atomic mass is 32.2. The summed E-state index contributed by atoms with van der Waals surface area (Å²) in [6.45, 7) is 5.56. The maximum atomic E-state index is 12.4. The number of nitriles is 1. The highest BCUT2D eigenvalue weighted by molar-refractivity contribution is 8.24. The van der Waals surface area contributed by atoms with E-state index < -0.39 is 5.92 Å². The fourth-order valence-electron chi connectivity index (χ4n) is 3.55. The van der Waals surface area contributed by atoms with Gasteiger partial charge in [0.1, 0.15) is 5.92 Å². The number of benzene rings is 2. The van der Waals surface area contributed by atoms with Crippen molar-refractivity contribution in [2.45, 2.75) is 38.0 Å². The summed E-state index contributed by atoms with van der Waals surface area (Å²) in [6, 6.07) is 20.9.